The van der Waals surface area contributed by atoms with Gasteiger partial charge in [-0.15, -0.1) is 0 Å². The average molecular weight is 434 g/mol. The van der Waals surface area contributed by atoms with Gasteiger partial charge in [0.05, 0.1) is 13.5 Å². The molecule has 166 valence electrons. The van der Waals surface area contributed by atoms with Crippen LogP contribution in [-0.4, -0.2) is 66.0 Å². The average Bonchev–Trinajstić information content (AvgIpc) is 3.21. The van der Waals surface area contributed by atoms with Gasteiger partial charge in [-0.25, -0.2) is 4.39 Å². The minimum absolute atomic E-state index is 0.0288. The van der Waals surface area contributed by atoms with Crippen molar-refractivity contribution >= 4 is 34.5 Å². The number of ketones is 1. The van der Waals surface area contributed by atoms with Crippen molar-refractivity contribution in [1.82, 2.24) is 10.2 Å². The number of alkyl halides is 1. The van der Waals surface area contributed by atoms with E-state index in [2.05, 4.69) is 5.32 Å². The van der Waals surface area contributed by atoms with E-state index >= 15 is 0 Å². The maximum atomic E-state index is 13.1. The lowest BCUT2D eigenvalue weighted by Gasteiger charge is -2.34. The zero-order valence-corrected chi connectivity index (χ0v) is 16.9. The molecule has 2 aromatic rings. The highest BCUT2D eigenvalue weighted by Crippen LogP contribution is 2.30. The van der Waals surface area contributed by atoms with Crippen molar-refractivity contribution in [2.45, 2.75) is 37.8 Å². The molecule has 1 saturated heterocycles. The summed E-state index contributed by atoms with van der Waals surface area (Å²) in [5.74, 6) is -3.10. The van der Waals surface area contributed by atoms with Crippen LogP contribution in [0, 0.1) is 0 Å². The highest BCUT2D eigenvalue weighted by molar-refractivity contribution is 6.00. The fraction of sp³-hybridized carbons (Fsp3) is 0.429. The number of carbonyl (C=O) groups is 4. The van der Waals surface area contributed by atoms with Crippen molar-refractivity contribution in [3.8, 4) is 5.75 Å². The third kappa shape index (κ3) is 4.84. The quantitative estimate of drug-likeness (QED) is 0.650. The van der Waals surface area contributed by atoms with Crippen LogP contribution < -0.4 is 10.1 Å². The van der Waals surface area contributed by atoms with Crippen molar-refractivity contribution in [2.24, 2.45) is 0 Å². The number of ether oxygens (including phenoxy) is 1. The second kappa shape index (κ2) is 9.59. The Morgan fingerprint density at radius 1 is 1.32 bits per heavy atom. The number of para-hydroxylation sites is 1. The number of carboxylic acids is 1. The number of aliphatic carboxylic acids is 1. The number of likely N-dealkylation sites (tertiary alicyclic amines) is 1. The number of Topliss-reactive ketones (excluding diaryl/α,β-unsaturated/α-hetero) is 1. The third-order valence-electron chi connectivity index (χ3n) is 5.22. The van der Waals surface area contributed by atoms with E-state index in [0.717, 1.165) is 0 Å². The van der Waals surface area contributed by atoms with Gasteiger partial charge in [0.15, 0.2) is 22.9 Å². The van der Waals surface area contributed by atoms with Gasteiger partial charge in [0.2, 0.25) is 5.91 Å². The van der Waals surface area contributed by atoms with Gasteiger partial charge >= 0.3 is 5.97 Å². The first-order chi connectivity index (χ1) is 14.8. The lowest BCUT2D eigenvalue weighted by molar-refractivity contribution is -0.140. The molecule has 1 fully saturated rings. The molecule has 0 aliphatic carbocycles. The second-order valence-corrected chi connectivity index (χ2v) is 7.26. The normalized spacial score (nSPS) is 17.2. The predicted octanol–water partition coefficient (Wildman–Crippen LogP) is 1.93. The number of carboxylic acid groups (broad SMARTS) is 1. The zero-order valence-electron chi connectivity index (χ0n) is 16.9. The first-order valence-electron chi connectivity index (χ1n) is 9.84. The fourth-order valence-corrected chi connectivity index (χ4v) is 3.67. The Morgan fingerprint density at radius 2 is 2.10 bits per heavy atom. The number of hydrogen-bond acceptors (Lipinski definition) is 6. The Hall–Kier alpha value is -3.43. The van der Waals surface area contributed by atoms with Crippen LogP contribution in [0.3, 0.4) is 0 Å². The number of carbonyl (C=O) groups excluding carboxylic acids is 3. The van der Waals surface area contributed by atoms with Crippen LogP contribution in [0.2, 0.25) is 0 Å². The molecule has 10 heteroatoms. The minimum atomic E-state index is -1.50. The summed E-state index contributed by atoms with van der Waals surface area (Å²) in [6.45, 7) is -1.11. The number of fused-ring (bicyclic) bond motifs is 1. The molecule has 9 nitrogen and oxygen atoms in total. The summed E-state index contributed by atoms with van der Waals surface area (Å²) in [6, 6.07) is 4.35. The summed E-state index contributed by atoms with van der Waals surface area (Å²) in [5, 5.41) is 11.9. The van der Waals surface area contributed by atoms with Crippen LogP contribution >= 0.6 is 0 Å². The van der Waals surface area contributed by atoms with E-state index in [-0.39, 0.29) is 12.3 Å². The molecule has 1 aromatic carbocycles. The molecule has 2 atom stereocenters. The Morgan fingerprint density at radius 3 is 2.77 bits per heavy atom. The molecule has 2 N–H and O–H groups in total. The zero-order chi connectivity index (χ0) is 22.5. The van der Waals surface area contributed by atoms with Crippen LogP contribution in [0.25, 0.3) is 11.0 Å². The summed E-state index contributed by atoms with van der Waals surface area (Å²) in [5.41, 5.74) is 0.404. The molecule has 1 aliphatic heterocycles. The number of hydrogen-bond donors (Lipinski definition) is 2. The van der Waals surface area contributed by atoms with Crippen LogP contribution in [0.1, 0.15) is 36.2 Å². The topological polar surface area (TPSA) is 126 Å². The van der Waals surface area contributed by atoms with Crippen molar-refractivity contribution < 1.29 is 37.8 Å². The number of amides is 2. The van der Waals surface area contributed by atoms with Crippen molar-refractivity contribution in [3.05, 3.63) is 30.0 Å². The van der Waals surface area contributed by atoms with Crippen LogP contribution in [0.5, 0.6) is 5.75 Å². The van der Waals surface area contributed by atoms with Crippen LogP contribution in [0.15, 0.2) is 28.7 Å². The Labute approximate surface area is 177 Å². The number of nitrogens with one attached hydrogen (secondary N) is 1. The number of halogens is 1. The maximum Gasteiger partial charge on any atom is 0.305 e. The summed E-state index contributed by atoms with van der Waals surface area (Å²) in [7, 11) is 1.48. The Kier molecular flexibility index (Phi) is 6.88. The molecule has 3 rings (SSSR count). The number of piperidine rings is 1. The molecule has 2 amide bonds. The van der Waals surface area contributed by atoms with Gasteiger partial charge in [-0.1, -0.05) is 12.1 Å². The highest BCUT2D eigenvalue weighted by Gasteiger charge is 2.36. The fourth-order valence-electron chi connectivity index (χ4n) is 3.67. The molecule has 1 aliphatic rings. The SMILES string of the molecule is COc1cccc2cc(C(=O)N3CCCC[C@H]3C(=O)NC(CC(=O)O)C(=O)CF)oc12. The van der Waals surface area contributed by atoms with Crippen molar-refractivity contribution in [3.63, 3.8) is 0 Å². The standard InChI is InChI=1S/C21H23FN2O7/c1-30-16-7-4-5-12-9-17(31-19(12)16)21(29)24-8-3-2-6-14(24)20(28)23-13(10-18(26)27)15(25)11-22/h4-5,7,9,13-14H,2-3,6,8,10-11H2,1H3,(H,23,28)(H,26,27)/t13?,14-/m0/s1. The van der Waals surface area contributed by atoms with E-state index in [9.17, 15) is 23.6 Å². The third-order valence-corrected chi connectivity index (χ3v) is 5.22. The van der Waals surface area contributed by atoms with Gasteiger partial charge in [0.1, 0.15) is 18.8 Å². The van der Waals surface area contributed by atoms with Gasteiger partial charge in [0.25, 0.3) is 5.91 Å². The second-order valence-electron chi connectivity index (χ2n) is 7.26. The van der Waals surface area contributed by atoms with E-state index in [1.807, 2.05) is 0 Å². The Bertz CT molecular complexity index is 1000. The van der Waals surface area contributed by atoms with Gasteiger partial charge in [0, 0.05) is 11.9 Å². The lowest BCUT2D eigenvalue weighted by Crippen LogP contribution is -2.55. The molecule has 1 aromatic heterocycles. The van der Waals surface area contributed by atoms with E-state index in [1.165, 1.54) is 12.0 Å². The van der Waals surface area contributed by atoms with Crippen molar-refractivity contribution in [1.29, 1.82) is 0 Å². The van der Waals surface area contributed by atoms with E-state index in [0.29, 0.717) is 36.0 Å². The van der Waals surface area contributed by atoms with E-state index in [1.54, 1.807) is 24.3 Å². The highest BCUT2D eigenvalue weighted by atomic mass is 19.1. The van der Waals surface area contributed by atoms with Crippen molar-refractivity contribution in [2.75, 3.05) is 20.3 Å². The summed E-state index contributed by atoms with van der Waals surface area (Å²) >= 11 is 0. The minimum Gasteiger partial charge on any atom is -0.493 e. The molecule has 0 radical (unpaired) electrons. The number of rotatable bonds is 8. The molecule has 31 heavy (non-hydrogen) atoms. The Balaban J connectivity index is 1.82. The monoisotopic (exact) mass is 434 g/mol. The number of methoxy groups -OCH3 is 1. The van der Waals surface area contributed by atoms with E-state index < -0.39 is 48.7 Å². The summed E-state index contributed by atoms with van der Waals surface area (Å²) in [6.07, 6.45) is 0.917. The molecule has 0 bridgehead atoms. The molecular weight excluding hydrogens is 411 g/mol. The predicted molar refractivity (Wildman–Crippen MR) is 107 cm³/mol. The number of furan rings is 1. The summed E-state index contributed by atoms with van der Waals surface area (Å²) in [4.78, 5) is 49.9. The van der Waals surface area contributed by atoms with Gasteiger partial charge < -0.3 is 24.5 Å². The summed E-state index contributed by atoms with van der Waals surface area (Å²) < 4.78 is 23.7. The van der Waals surface area contributed by atoms with Gasteiger partial charge in [-0.2, -0.15) is 0 Å². The maximum absolute atomic E-state index is 13.1. The molecular formula is C21H23FN2O7. The largest absolute Gasteiger partial charge is 0.493 e. The van der Waals surface area contributed by atoms with Gasteiger partial charge in [-0.05, 0) is 31.4 Å². The molecule has 0 spiro atoms. The molecule has 2 heterocycles. The van der Waals surface area contributed by atoms with Crippen LogP contribution in [-0.2, 0) is 14.4 Å². The molecule has 1 unspecified atom stereocenters. The first kappa shape index (κ1) is 22.3. The number of nitrogens with zero attached hydrogens (tertiary/aromatic N) is 1. The van der Waals surface area contributed by atoms with Gasteiger partial charge in [-0.3, -0.25) is 19.2 Å². The van der Waals surface area contributed by atoms with E-state index in [4.69, 9.17) is 14.3 Å². The van der Waals surface area contributed by atoms with Crippen LogP contribution in [0.4, 0.5) is 4.39 Å². The lowest BCUT2D eigenvalue weighted by atomic mass is 9.99. The first-order valence-corrected chi connectivity index (χ1v) is 9.84. The molecule has 0 saturated carbocycles. The smallest absolute Gasteiger partial charge is 0.305 e. The number of benzene rings is 1.